The van der Waals surface area contributed by atoms with E-state index in [1.807, 2.05) is 37.3 Å². The minimum atomic E-state index is -0.446. The molecule has 0 radical (unpaired) electrons. The highest BCUT2D eigenvalue weighted by atomic mass is 16.2. The van der Waals surface area contributed by atoms with E-state index in [2.05, 4.69) is 10.3 Å². The van der Waals surface area contributed by atoms with Gasteiger partial charge in [0, 0.05) is 14.1 Å². The Labute approximate surface area is 143 Å². The van der Waals surface area contributed by atoms with Crippen molar-refractivity contribution < 1.29 is 4.79 Å². The van der Waals surface area contributed by atoms with Crippen LogP contribution in [0.1, 0.15) is 18.4 Å². The van der Waals surface area contributed by atoms with E-state index < -0.39 is 11.2 Å². The third kappa shape index (κ3) is 2.96. The zero-order valence-electron chi connectivity index (χ0n) is 14.2. The van der Waals surface area contributed by atoms with E-state index >= 15 is 0 Å². The second-order valence-electron chi connectivity index (χ2n) is 5.92. The quantitative estimate of drug-likeness (QED) is 0.781. The minimum absolute atomic E-state index is 0.200. The predicted molar refractivity (Wildman–Crippen MR) is 95.7 cm³/mol. The van der Waals surface area contributed by atoms with Gasteiger partial charge in [0.05, 0.1) is 23.2 Å². The number of amides is 1. The first kappa shape index (κ1) is 16.6. The standard InChI is InChI=1S/C18H18N4O3/c1-11(12-7-5-4-6-8-12)16(23)20-13-9-14-15(19-10-13)21(2)18(25)22(3)17(14)24/h4-11H,1-3H3,(H,20,23)/t11-/m1/s1. The number of aryl methyl sites for hydroxylation is 1. The molecule has 1 amide bonds. The number of benzene rings is 1. The fraction of sp³-hybridized carbons (Fsp3) is 0.222. The molecular formula is C18H18N4O3. The first-order valence-corrected chi connectivity index (χ1v) is 7.81. The molecule has 0 bridgehead atoms. The molecule has 128 valence electrons. The number of nitrogens with one attached hydrogen (secondary N) is 1. The van der Waals surface area contributed by atoms with Crippen LogP contribution in [0.15, 0.2) is 52.2 Å². The highest BCUT2D eigenvalue weighted by molar-refractivity contribution is 5.96. The number of hydrogen-bond donors (Lipinski definition) is 1. The predicted octanol–water partition coefficient (Wildman–Crippen LogP) is 1.37. The Balaban J connectivity index is 1.96. The summed E-state index contributed by atoms with van der Waals surface area (Å²) in [6.45, 7) is 1.81. The molecular weight excluding hydrogens is 320 g/mol. The van der Waals surface area contributed by atoms with Gasteiger partial charge in [0.1, 0.15) is 5.65 Å². The summed E-state index contributed by atoms with van der Waals surface area (Å²) in [5.41, 5.74) is 0.697. The van der Waals surface area contributed by atoms with E-state index in [0.717, 1.165) is 10.1 Å². The summed E-state index contributed by atoms with van der Waals surface area (Å²) in [5, 5.41) is 3.05. The van der Waals surface area contributed by atoms with E-state index in [9.17, 15) is 14.4 Å². The minimum Gasteiger partial charge on any atom is -0.324 e. The van der Waals surface area contributed by atoms with Gasteiger partial charge in [0.25, 0.3) is 5.56 Å². The van der Waals surface area contributed by atoms with E-state index in [0.29, 0.717) is 5.69 Å². The summed E-state index contributed by atoms with van der Waals surface area (Å²) < 4.78 is 2.32. The normalized spacial score (nSPS) is 12.1. The molecule has 0 unspecified atom stereocenters. The molecule has 0 aliphatic heterocycles. The van der Waals surface area contributed by atoms with E-state index in [-0.39, 0.29) is 22.9 Å². The Morgan fingerprint density at radius 2 is 1.80 bits per heavy atom. The van der Waals surface area contributed by atoms with E-state index in [4.69, 9.17) is 0 Å². The van der Waals surface area contributed by atoms with Gasteiger partial charge in [-0.25, -0.2) is 9.78 Å². The maximum atomic E-state index is 12.4. The van der Waals surface area contributed by atoms with Crippen LogP contribution in [0.25, 0.3) is 11.0 Å². The molecule has 2 heterocycles. The van der Waals surface area contributed by atoms with Crippen molar-refractivity contribution in [3.05, 3.63) is 69.0 Å². The summed E-state index contributed by atoms with van der Waals surface area (Å²) in [7, 11) is 2.96. The zero-order chi connectivity index (χ0) is 18.1. The molecule has 0 spiro atoms. The van der Waals surface area contributed by atoms with Gasteiger partial charge < -0.3 is 5.32 Å². The number of carbonyl (C=O) groups is 1. The van der Waals surface area contributed by atoms with Crippen LogP contribution >= 0.6 is 0 Å². The summed E-state index contributed by atoms with van der Waals surface area (Å²) >= 11 is 0. The number of nitrogens with zero attached hydrogens (tertiary/aromatic N) is 3. The number of fused-ring (bicyclic) bond motifs is 1. The summed E-state index contributed by atoms with van der Waals surface area (Å²) in [5.74, 6) is -0.547. The van der Waals surface area contributed by atoms with Crippen LogP contribution in [0, 0.1) is 0 Å². The molecule has 1 aromatic carbocycles. The van der Waals surface area contributed by atoms with Gasteiger partial charge in [0.2, 0.25) is 5.91 Å². The maximum Gasteiger partial charge on any atom is 0.332 e. The summed E-state index contributed by atoms with van der Waals surface area (Å²) in [4.78, 5) is 40.8. The molecule has 3 aromatic rings. The van der Waals surface area contributed by atoms with Crippen molar-refractivity contribution in [1.82, 2.24) is 14.1 Å². The Kier molecular flexibility index (Phi) is 4.22. The van der Waals surface area contributed by atoms with Gasteiger partial charge >= 0.3 is 5.69 Å². The average Bonchev–Trinajstić information content (AvgIpc) is 2.64. The molecule has 0 aliphatic carbocycles. The van der Waals surface area contributed by atoms with Gasteiger partial charge in [-0.1, -0.05) is 30.3 Å². The second-order valence-corrected chi connectivity index (χ2v) is 5.92. The highest BCUT2D eigenvalue weighted by Gasteiger charge is 2.16. The van der Waals surface area contributed by atoms with E-state index in [1.165, 1.54) is 17.8 Å². The molecule has 7 nitrogen and oxygen atoms in total. The number of aromatic nitrogens is 3. The van der Waals surface area contributed by atoms with Crippen LogP contribution in [-0.2, 0) is 18.9 Å². The molecule has 0 saturated carbocycles. The first-order valence-electron chi connectivity index (χ1n) is 7.81. The number of rotatable bonds is 3. The summed E-state index contributed by atoms with van der Waals surface area (Å²) in [6, 6.07) is 11.0. The van der Waals surface area contributed by atoms with Gasteiger partial charge in [-0.05, 0) is 18.6 Å². The molecule has 0 saturated heterocycles. The van der Waals surface area contributed by atoms with Crippen LogP contribution in [0.3, 0.4) is 0 Å². The Bertz CT molecular complexity index is 1070. The van der Waals surface area contributed by atoms with Crippen molar-refractivity contribution in [3.63, 3.8) is 0 Å². The Morgan fingerprint density at radius 3 is 2.48 bits per heavy atom. The Hall–Kier alpha value is -3.22. The smallest absolute Gasteiger partial charge is 0.324 e. The third-order valence-electron chi connectivity index (χ3n) is 4.25. The van der Waals surface area contributed by atoms with Crippen LogP contribution < -0.4 is 16.6 Å². The molecule has 2 aromatic heterocycles. The van der Waals surface area contributed by atoms with Crippen molar-refractivity contribution >= 4 is 22.6 Å². The Morgan fingerprint density at radius 1 is 1.12 bits per heavy atom. The number of anilines is 1. The fourth-order valence-corrected chi connectivity index (χ4v) is 2.68. The molecule has 0 aliphatic rings. The van der Waals surface area contributed by atoms with Crippen molar-refractivity contribution in [2.24, 2.45) is 14.1 Å². The van der Waals surface area contributed by atoms with Crippen molar-refractivity contribution in [3.8, 4) is 0 Å². The fourth-order valence-electron chi connectivity index (χ4n) is 2.68. The van der Waals surface area contributed by atoms with Crippen LogP contribution in [0.5, 0.6) is 0 Å². The average molecular weight is 338 g/mol. The van der Waals surface area contributed by atoms with Crippen molar-refractivity contribution in [2.45, 2.75) is 12.8 Å². The topological polar surface area (TPSA) is 86.0 Å². The number of pyridine rings is 1. The van der Waals surface area contributed by atoms with Crippen LogP contribution in [0.4, 0.5) is 5.69 Å². The lowest BCUT2D eigenvalue weighted by molar-refractivity contribution is -0.117. The van der Waals surface area contributed by atoms with Crippen molar-refractivity contribution in [1.29, 1.82) is 0 Å². The number of hydrogen-bond acceptors (Lipinski definition) is 4. The van der Waals surface area contributed by atoms with Gasteiger partial charge in [-0.2, -0.15) is 0 Å². The lowest BCUT2D eigenvalue weighted by atomic mass is 10.0. The van der Waals surface area contributed by atoms with Gasteiger partial charge in [-0.3, -0.25) is 18.7 Å². The van der Waals surface area contributed by atoms with Crippen molar-refractivity contribution in [2.75, 3.05) is 5.32 Å². The maximum absolute atomic E-state index is 12.4. The second kappa shape index (κ2) is 6.35. The molecule has 3 rings (SSSR count). The third-order valence-corrected chi connectivity index (χ3v) is 4.25. The van der Waals surface area contributed by atoms with Crippen LogP contribution in [0.2, 0.25) is 0 Å². The molecule has 1 N–H and O–H groups in total. The SMILES string of the molecule is C[C@@H](C(=O)Nc1cnc2c(c1)c(=O)n(C)c(=O)n2C)c1ccccc1. The molecule has 1 atom stereocenters. The molecule has 0 fully saturated rings. The lowest BCUT2D eigenvalue weighted by Crippen LogP contribution is -2.37. The molecule has 25 heavy (non-hydrogen) atoms. The largest absolute Gasteiger partial charge is 0.332 e. The summed E-state index contributed by atoms with van der Waals surface area (Å²) in [6.07, 6.45) is 1.44. The first-order chi connectivity index (χ1) is 11.9. The number of carbonyl (C=O) groups excluding carboxylic acids is 1. The highest BCUT2D eigenvalue weighted by Crippen LogP contribution is 2.18. The van der Waals surface area contributed by atoms with E-state index in [1.54, 1.807) is 13.1 Å². The lowest BCUT2D eigenvalue weighted by Gasteiger charge is -2.13. The monoisotopic (exact) mass is 338 g/mol. The van der Waals surface area contributed by atoms with Crippen LogP contribution in [-0.4, -0.2) is 20.0 Å². The van der Waals surface area contributed by atoms with Gasteiger partial charge in [0.15, 0.2) is 0 Å². The van der Waals surface area contributed by atoms with Gasteiger partial charge in [-0.15, -0.1) is 0 Å². The molecule has 7 heteroatoms. The zero-order valence-corrected chi connectivity index (χ0v) is 14.2.